The van der Waals surface area contributed by atoms with E-state index in [1.807, 2.05) is 0 Å². The van der Waals surface area contributed by atoms with Gasteiger partial charge in [-0.15, -0.1) is 0 Å². The molecule has 1 aromatic rings. The Morgan fingerprint density at radius 3 is 2.86 bits per heavy atom. The standard InChI is InChI=1S/C14H17ClN2O4/c1-2-17(12-8-21-7-11(12)13(18)19)14(20)16-10-5-3-4-9(15)6-10/h3-6,11-12H,2,7-8H2,1H3,(H,16,20)(H,18,19). The van der Waals surface area contributed by atoms with E-state index < -0.39 is 17.9 Å². The van der Waals surface area contributed by atoms with Crippen molar-refractivity contribution in [3.63, 3.8) is 0 Å². The van der Waals surface area contributed by atoms with Gasteiger partial charge < -0.3 is 20.1 Å². The Morgan fingerprint density at radius 2 is 2.24 bits per heavy atom. The lowest BCUT2D eigenvalue weighted by Crippen LogP contribution is -2.48. The summed E-state index contributed by atoms with van der Waals surface area (Å²) in [5, 5.41) is 12.4. The highest BCUT2D eigenvalue weighted by Crippen LogP contribution is 2.22. The summed E-state index contributed by atoms with van der Waals surface area (Å²) in [7, 11) is 0. The van der Waals surface area contributed by atoms with Crippen LogP contribution in [0.1, 0.15) is 6.92 Å². The molecule has 0 spiro atoms. The first-order chi connectivity index (χ1) is 10.0. The summed E-state index contributed by atoms with van der Waals surface area (Å²) >= 11 is 5.87. The number of hydrogen-bond acceptors (Lipinski definition) is 3. The van der Waals surface area contributed by atoms with E-state index in [-0.39, 0.29) is 19.2 Å². The topological polar surface area (TPSA) is 78.9 Å². The molecule has 2 N–H and O–H groups in total. The minimum absolute atomic E-state index is 0.126. The van der Waals surface area contributed by atoms with Crippen molar-refractivity contribution in [1.29, 1.82) is 0 Å². The van der Waals surface area contributed by atoms with E-state index in [1.165, 1.54) is 4.90 Å². The molecule has 0 aliphatic carbocycles. The van der Waals surface area contributed by atoms with Crippen LogP contribution in [0.5, 0.6) is 0 Å². The van der Waals surface area contributed by atoms with Gasteiger partial charge in [0.1, 0.15) is 5.92 Å². The molecule has 21 heavy (non-hydrogen) atoms. The second-order valence-electron chi connectivity index (χ2n) is 4.78. The summed E-state index contributed by atoms with van der Waals surface area (Å²) in [4.78, 5) is 25.0. The van der Waals surface area contributed by atoms with Gasteiger partial charge in [-0.25, -0.2) is 4.79 Å². The minimum Gasteiger partial charge on any atom is -0.481 e. The number of aliphatic carboxylic acids is 1. The van der Waals surface area contributed by atoms with E-state index in [0.29, 0.717) is 17.3 Å². The summed E-state index contributed by atoms with van der Waals surface area (Å²) in [5.74, 6) is -1.65. The summed E-state index contributed by atoms with van der Waals surface area (Å²) in [6.45, 7) is 2.55. The van der Waals surface area contributed by atoms with Crippen LogP contribution in [0.4, 0.5) is 10.5 Å². The Hall–Kier alpha value is -1.79. The number of carbonyl (C=O) groups excluding carboxylic acids is 1. The highest BCUT2D eigenvalue weighted by molar-refractivity contribution is 6.30. The number of likely N-dealkylation sites (N-methyl/N-ethyl adjacent to an activating group) is 1. The molecule has 7 heteroatoms. The van der Waals surface area contributed by atoms with Crippen LogP contribution in [-0.2, 0) is 9.53 Å². The second-order valence-corrected chi connectivity index (χ2v) is 5.21. The van der Waals surface area contributed by atoms with Gasteiger partial charge in [-0.1, -0.05) is 17.7 Å². The van der Waals surface area contributed by atoms with E-state index in [4.69, 9.17) is 16.3 Å². The number of anilines is 1. The minimum atomic E-state index is -0.952. The average molecular weight is 313 g/mol. The number of hydrogen-bond donors (Lipinski definition) is 2. The fourth-order valence-electron chi connectivity index (χ4n) is 2.38. The number of carboxylic acid groups (broad SMARTS) is 1. The lowest BCUT2D eigenvalue weighted by molar-refractivity contribution is -0.142. The van der Waals surface area contributed by atoms with Gasteiger partial charge in [0.25, 0.3) is 0 Å². The maximum Gasteiger partial charge on any atom is 0.322 e. The van der Waals surface area contributed by atoms with Crippen molar-refractivity contribution in [1.82, 2.24) is 4.90 Å². The number of rotatable bonds is 4. The Bertz CT molecular complexity index is 537. The predicted octanol–water partition coefficient (Wildman–Crippen LogP) is 2.29. The van der Waals surface area contributed by atoms with Gasteiger partial charge >= 0.3 is 12.0 Å². The first-order valence-electron chi connectivity index (χ1n) is 6.66. The zero-order chi connectivity index (χ0) is 15.4. The molecular formula is C14H17ClN2O4. The zero-order valence-corrected chi connectivity index (χ0v) is 12.3. The van der Waals surface area contributed by atoms with Gasteiger partial charge in [0, 0.05) is 17.3 Å². The number of carboxylic acids is 1. The molecule has 2 atom stereocenters. The van der Waals surface area contributed by atoms with Crippen LogP contribution in [0.3, 0.4) is 0 Å². The van der Waals surface area contributed by atoms with Gasteiger partial charge in [-0.2, -0.15) is 0 Å². The number of nitrogens with zero attached hydrogens (tertiary/aromatic N) is 1. The molecule has 2 rings (SSSR count). The molecule has 0 bridgehead atoms. The number of halogens is 1. The van der Waals surface area contributed by atoms with Crippen molar-refractivity contribution in [3.05, 3.63) is 29.3 Å². The molecule has 1 aromatic carbocycles. The van der Waals surface area contributed by atoms with Crippen LogP contribution >= 0.6 is 11.6 Å². The van der Waals surface area contributed by atoms with Gasteiger partial charge in [0.05, 0.1) is 19.3 Å². The van der Waals surface area contributed by atoms with Crippen LogP contribution in [0.25, 0.3) is 0 Å². The average Bonchev–Trinajstić information content (AvgIpc) is 2.89. The zero-order valence-electron chi connectivity index (χ0n) is 11.6. The molecule has 1 aliphatic rings. The van der Waals surface area contributed by atoms with Crippen molar-refractivity contribution in [2.24, 2.45) is 5.92 Å². The third-order valence-electron chi connectivity index (χ3n) is 3.45. The Kier molecular flexibility index (Phi) is 5.03. The van der Waals surface area contributed by atoms with Gasteiger partial charge in [-0.05, 0) is 25.1 Å². The van der Waals surface area contributed by atoms with E-state index in [0.717, 1.165) is 0 Å². The largest absolute Gasteiger partial charge is 0.481 e. The smallest absolute Gasteiger partial charge is 0.322 e. The predicted molar refractivity (Wildman–Crippen MR) is 78.6 cm³/mol. The Balaban J connectivity index is 2.10. The number of ether oxygens (including phenoxy) is 1. The maximum absolute atomic E-state index is 12.3. The number of amides is 2. The fraction of sp³-hybridized carbons (Fsp3) is 0.429. The van der Waals surface area contributed by atoms with Crippen molar-refractivity contribution in [2.75, 3.05) is 25.1 Å². The highest BCUT2D eigenvalue weighted by atomic mass is 35.5. The number of nitrogens with one attached hydrogen (secondary N) is 1. The molecule has 1 heterocycles. The molecule has 1 fully saturated rings. The molecule has 0 radical (unpaired) electrons. The lowest BCUT2D eigenvalue weighted by Gasteiger charge is -2.29. The summed E-state index contributed by atoms with van der Waals surface area (Å²) in [6.07, 6.45) is 0. The molecule has 1 aliphatic heterocycles. The quantitative estimate of drug-likeness (QED) is 0.894. The van der Waals surface area contributed by atoms with Gasteiger partial charge in [-0.3, -0.25) is 4.79 Å². The highest BCUT2D eigenvalue weighted by Gasteiger charge is 2.39. The van der Waals surface area contributed by atoms with Crippen LogP contribution in [0.15, 0.2) is 24.3 Å². The first-order valence-corrected chi connectivity index (χ1v) is 7.04. The Labute approximate surface area is 127 Å². The number of carbonyl (C=O) groups is 2. The number of urea groups is 1. The molecule has 0 aromatic heterocycles. The first kappa shape index (κ1) is 15.6. The normalized spacial score (nSPS) is 21.0. The third kappa shape index (κ3) is 3.65. The molecule has 114 valence electrons. The molecule has 1 saturated heterocycles. The van der Waals surface area contributed by atoms with Crippen molar-refractivity contribution < 1.29 is 19.4 Å². The van der Waals surface area contributed by atoms with E-state index in [9.17, 15) is 14.7 Å². The van der Waals surface area contributed by atoms with E-state index >= 15 is 0 Å². The van der Waals surface area contributed by atoms with Crippen LogP contribution in [-0.4, -0.2) is 47.8 Å². The van der Waals surface area contributed by atoms with Crippen LogP contribution < -0.4 is 5.32 Å². The molecule has 6 nitrogen and oxygen atoms in total. The SMILES string of the molecule is CCN(C(=O)Nc1cccc(Cl)c1)C1COCC1C(=O)O. The molecular weight excluding hydrogens is 296 g/mol. The lowest BCUT2D eigenvalue weighted by atomic mass is 10.0. The van der Waals surface area contributed by atoms with Crippen LogP contribution in [0, 0.1) is 5.92 Å². The van der Waals surface area contributed by atoms with Gasteiger partial charge in [0.2, 0.25) is 0 Å². The molecule has 2 unspecified atom stereocenters. The van der Waals surface area contributed by atoms with Crippen LogP contribution in [0.2, 0.25) is 5.02 Å². The van der Waals surface area contributed by atoms with Crippen molar-refractivity contribution in [3.8, 4) is 0 Å². The second kappa shape index (κ2) is 6.78. The van der Waals surface area contributed by atoms with Gasteiger partial charge in [0.15, 0.2) is 0 Å². The van der Waals surface area contributed by atoms with E-state index in [1.54, 1.807) is 31.2 Å². The van der Waals surface area contributed by atoms with Crippen molar-refractivity contribution >= 4 is 29.3 Å². The summed E-state index contributed by atoms with van der Waals surface area (Å²) in [5.41, 5.74) is 0.566. The van der Waals surface area contributed by atoms with Crippen molar-refractivity contribution in [2.45, 2.75) is 13.0 Å². The maximum atomic E-state index is 12.3. The summed E-state index contributed by atoms with van der Waals surface area (Å²) in [6, 6.07) is 5.96. The van der Waals surface area contributed by atoms with E-state index in [2.05, 4.69) is 5.32 Å². The monoisotopic (exact) mass is 312 g/mol. The fourth-order valence-corrected chi connectivity index (χ4v) is 2.57. The third-order valence-corrected chi connectivity index (χ3v) is 3.68. The molecule has 2 amide bonds. The summed E-state index contributed by atoms with van der Waals surface area (Å²) < 4.78 is 5.21. The number of benzene rings is 1. The molecule has 0 saturated carbocycles. The Morgan fingerprint density at radius 1 is 1.48 bits per heavy atom.